The molecule has 10 nitrogen and oxygen atoms in total. The van der Waals surface area contributed by atoms with Gasteiger partial charge in [0.05, 0.1) is 23.1 Å². The molecule has 1 unspecified atom stereocenters. The number of anilines is 2. The Kier molecular flexibility index (Phi) is 7.04. The summed E-state index contributed by atoms with van der Waals surface area (Å²) >= 11 is 0. The number of rotatable bonds is 8. The molecule has 2 aromatic heterocycles. The summed E-state index contributed by atoms with van der Waals surface area (Å²) in [7, 11) is 0.866. The fourth-order valence-electron chi connectivity index (χ4n) is 3.88. The van der Waals surface area contributed by atoms with Crippen LogP contribution in [0.3, 0.4) is 0 Å². The lowest BCUT2D eigenvalue weighted by Gasteiger charge is -2.25. The zero-order valence-electron chi connectivity index (χ0n) is 18.8. The number of likely N-dealkylation sites (N-methyl/N-ethyl adjacent to an activating group) is 1. The predicted octanol–water partition coefficient (Wildman–Crippen LogP) is 1.55. The van der Waals surface area contributed by atoms with E-state index in [2.05, 4.69) is 10.3 Å². The molecule has 1 fully saturated rings. The van der Waals surface area contributed by atoms with Gasteiger partial charge >= 0.3 is 5.97 Å². The van der Waals surface area contributed by atoms with Crippen molar-refractivity contribution in [3.05, 3.63) is 23.4 Å². The molecule has 4 rings (SSSR count). The maximum absolute atomic E-state index is 12.6. The van der Waals surface area contributed by atoms with E-state index in [1.165, 1.54) is 0 Å². The first-order valence-electron chi connectivity index (χ1n) is 11.0. The van der Waals surface area contributed by atoms with E-state index in [9.17, 15) is 9.00 Å². The number of nitrogens with zero attached hydrogens (tertiary/aromatic N) is 5. The number of fused-ring (bicyclic) bond motifs is 1. The van der Waals surface area contributed by atoms with E-state index in [1.54, 1.807) is 13.1 Å². The van der Waals surface area contributed by atoms with Crippen molar-refractivity contribution in [2.24, 2.45) is 0 Å². The SMILES string of the molecule is CCOC(=O)c1cn(CCN(C)c2nc3c(c(NC4CCOCC4)n2)S(=O)CC3)c(C)n1. The molecule has 11 heteroatoms. The third-order valence-electron chi connectivity index (χ3n) is 5.72. The van der Waals surface area contributed by atoms with Crippen molar-refractivity contribution in [3.8, 4) is 0 Å². The summed E-state index contributed by atoms with van der Waals surface area (Å²) in [4.78, 5) is 28.4. The smallest absolute Gasteiger partial charge is 0.358 e. The van der Waals surface area contributed by atoms with E-state index in [0.29, 0.717) is 49.3 Å². The first-order chi connectivity index (χ1) is 15.5. The zero-order valence-corrected chi connectivity index (χ0v) is 19.6. The van der Waals surface area contributed by atoms with Crippen LogP contribution in [0.1, 0.15) is 41.8 Å². The number of nitrogens with one attached hydrogen (secondary N) is 1. The fraction of sp³-hybridized carbons (Fsp3) is 0.619. The number of imidazole rings is 1. The summed E-state index contributed by atoms with van der Waals surface area (Å²) < 4.78 is 25.0. The van der Waals surface area contributed by atoms with Crippen LogP contribution in [0.15, 0.2) is 11.1 Å². The average Bonchev–Trinajstić information content (AvgIpc) is 3.35. The van der Waals surface area contributed by atoms with Gasteiger partial charge in [-0.1, -0.05) is 0 Å². The van der Waals surface area contributed by atoms with Crippen LogP contribution in [-0.2, 0) is 33.2 Å². The van der Waals surface area contributed by atoms with Crippen LogP contribution in [0, 0.1) is 6.92 Å². The summed E-state index contributed by atoms with van der Waals surface area (Å²) in [6.45, 7) is 6.63. The van der Waals surface area contributed by atoms with Gasteiger partial charge in [0, 0.05) is 57.8 Å². The summed E-state index contributed by atoms with van der Waals surface area (Å²) in [6.07, 6.45) is 4.21. The highest BCUT2D eigenvalue weighted by molar-refractivity contribution is 7.85. The monoisotopic (exact) mass is 462 g/mol. The number of aromatic nitrogens is 4. The van der Waals surface area contributed by atoms with Gasteiger partial charge < -0.3 is 24.3 Å². The highest BCUT2D eigenvalue weighted by Gasteiger charge is 2.28. The summed E-state index contributed by atoms with van der Waals surface area (Å²) in [5.41, 5.74) is 1.17. The summed E-state index contributed by atoms with van der Waals surface area (Å²) in [6, 6.07) is 0.258. The molecule has 0 radical (unpaired) electrons. The molecular weight excluding hydrogens is 432 g/mol. The Hall–Kier alpha value is -2.53. The van der Waals surface area contributed by atoms with Gasteiger partial charge in [0.25, 0.3) is 0 Å². The van der Waals surface area contributed by atoms with Crippen molar-refractivity contribution in [1.29, 1.82) is 0 Å². The topological polar surface area (TPSA) is 111 Å². The first kappa shape index (κ1) is 22.7. The van der Waals surface area contributed by atoms with Gasteiger partial charge in [0.1, 0.15) is 16.5 Å². The third-order valence-corrected chi connectivity index (χ3v) is 7.18. The molecule has 174 valence electrons. The molecule has 2 aliphatic rings. The van der Waals surface area contributed by atoms with Gasteiger partial charge in [-0.3, -0.25) is 4.21 Å². The minimum atomic E-state index is -1.07. The molecule has 0 saturated carbocycles. The summed E-state index contributed by atoms with van der Waals surface area (Å²) in [5.74, 6) is 2.20. The van der Waals surface area contributed by atoms with Crippen LogP contribution >= 0.6 is 0 Å². The second kappa shape index (κ2) is 9.95. The molecule has 0 bridgehead atoms. The van der Waals surface area contributed by atoms with Crippen molar-refractivity contribution in [1.82, 2.24) is 19.5 Å². The summed E-state index contributed by atoms with van der Waals surface area (Å²) in [5, 5.41) is 3.50. The van der Waals surface area contributed by atoms with Gasteiger partial charge in [-0.05, 0) is 26.7 Å². The van der Waals surface area contributed by atoms with Gasteiger partial charge in [-0.2, -0.15) is 4.98 Å². The number of hydrogen-bond acceptors (Lipinski definition) is 9. The van der Waals surface area contributed by atoms with Crippen molar-refractivity contribution in [2.75, 3.05) is 49.4 Å². The normalized spacial score (nSPS) is 18.4. The molecule has 0 aromatic carbocycles. The van der Waals surface area contributed by atoms with Crippen molar-refractivity contribution < 1.29 is 18.5 Å². The molecule has 1 N–H and O–H groups in total. The number of hydrogen-bond donors (Lipinski definition) is 1. The van der Waals surface area contributed by atoms with E-state index < -0.39 is 16.8 Å². The van der Waals surface area contributed by atoms with Crippen LogP contribution in [0.4, 0.5) is 11.8 Å². The van der Waals surface area contributed by atoms with Gasteiger partial charge in [-0.15, -0.1) is 0 Å². The zero-order chi connectivity index (χ0) is 22.7. The minimum absolute atomic E-state index is 0.258. The van der Waals surface area contributed by atoms with Crippen molar-refractivity contribution in [2.45, 2.75) is 50.6 Å². The van der Waals surface area contributed by atoms with E-state index in [-0.39, 0.29) is 6.04 Å². The second-order valence-corrected chi connectivity index (χ2v) is 9.49. The molecule has 2 aliphatic heterocycles. The molecule has 32 heavy (non-hydrogen) atoms. The Morgan fingerprint density at radius 3 is 2.88 bits per heavy atom. The van der Waals surface area contributed by atoms with Gasteiger partial charge in [-0.25, -0.2) is 14.8 Å². The van der Waals surface area contributed by atoms with E-state index in [4.69, 9.17) is 19.4 Å². The van der Waals surface area contributed by atoms with E-state index in [0.717, 1.165) is 42.5 Å². The number of aryl methyl sites for hydroxylation is 2. The molecule has 1 saturated heterocycles. The number of carbonyl (C=O) groups excluding carboxylic acids is 1. The van der Waals surface area contributed by atoms with Crippen LogP contribution in [-0.4, -0.2) is 74.9 Å². The highest BCUT2D eigenvalue weighted by atomic mass is 32.2. The van der Waals surface area contributed by atoms with Crippen LogP contribution in [0.25, 0.3) is 0 Å². The quantitative estimate of drug-likeness (QED) is 0.584. The Morgan fingerprint density at radius 1 is 1.34 bits per heavy atom. The Morgan fingerprint density at radius 2 is 2.12 bits per heavy atom. The number of ether oxygens (including phenoxy) is 2. The molecule has 1 atom stereocenters. The first-order valence-corrected chi connectivity index (χ1v) is 12.3. The van der Waals surface area contributed by atoms with Crippen molar-refractivity contribution >= 4 is 28.5 Å². The molecular formula is C21H30N6O4S. The van der Waals surface area contributed by atoms with Crippen LogP contribution in [0.5, 0.6) is 0 Å². The van der Waals surface area contributed by atoms with E-state index >= 15 is 0 Å². The van der Waals surface area contributed by atoms with Crippen molar-refractivity contribution in [3.63, 3.8) is 0 Å². The Balaban J connectivity index is 1.49. The number of carbonyl (C=O) groups is 1. The van der Waals surface area contributed by atoms with Crippen LogP contribution < -0.4 is 10.2 Å². The lowest BCUT2D eigenvalue weighted by molar-refractivity contribution is 0.0520. The molecule has 0 aliphatic carbocycles. The minimum Gasteiger partial charge on any atom is -0.461 e. The largest absolute Gasteiger partial charge is 0.461 e. The molecule has 0 spiro atoms. The third kappa shape index (κ3) is 4.93. The highest BCUT2D eigenvalue weighted by Crippen LogP contribution is 2.31. The Labute approximate surface area is 190 Å². The number of esters is 1. The maximum atomic E-state index is 12.6. The lowest BCUT2D eigenvalue weighted by atomic mass is 10.1. The lowest BCUT2D eigenvalue weighted by Crippen LogP contribution is -2.30. The standard InChI is InChI=1S/C21H30N6O4S/c1-4-31-20(28)17-13-27(14(2)22-17)9-8-26(3)21-24-16-7-12-32(29)18(16)19(25-21)23-15-5-10-30-11-6-15/h13,15H,4-12H2,1-3H3,(H,23,24,25). The molecule has 4 heterocycles. The maximum Gasteiger partial charge on any atom is 0.358 e. The second-order valence-electron chi connectivity index (χ2n) is 7.99. The van der Waals surface area contributed by atoms with Crippen LogP contribution in [0.2, 0.25) is 0 Å². The Bertz CT molecular complexity index is 1000. The predicted molar refractivity (Wildman–Crippen MR) is 121 cm³/mol. The van der Waals surface area contributed by atoms with Gasteiger partial charge in [0.15, 0.2) is 5.69 Å². The average molecular weight is 463 g/mol. The fourth-order valence-corrected chi connectivity index (χ4v) is 5.20. The molecule has 0 amide bonds. The molecule has 2 aromatic rings. The van der Waals surface area contributed by atoms with E-state index in [1.807, 2.05) is 23.4 Å². The van der Waals surface area contributed by atoms with Gasteiger partial charge in [0.2, 0.25) is 5.95 Å².